The van der Waals surface area contributed by atoms with Crippen molar-refractivity contribution in [1.29, 1.82) is 0 Å². The fraction of sp³-hybridized carbons (Fsp3) is 0.900. The Morgan fingerprint density at radius 3 is 2.62 bits per heavy atom. The van der Waals surface area contributed by atoms with E-state index < -0.39 is 0 Å². The summed E-state index contributed by atoms with van der Waals surface area (Å²) in [5, 5.41) is 0. The minimum absolute atomic E-state index is 0.172. The Hall–Kier alpha value is -0.410. The van der Waals surface area contributed by atoms with Crippen LogP contribution in [0.2, 0.25) is 0 Å². The molecule has 0 aliphatic carbocycles. The summed E-state index contributed by atoms with van der Waals surface area (Å²) in [5.41, 5.74) is 5.49. The molecular formula is C10H21NO2. The molecule has 13 heavy (non-hydrogen) atoms. The molecule has 0 aromatic carbocycles. The Kier molecular flexibility index (Phi) is 7.94. The lowest BCUT2D eigenvalue weighted by atomic mass is 10.0. The molecule has 0 saturated carbocycles. The van der Waals surface area contributed by atoms with Gasteiger partial charge in [0.15, 0.2) is 5.78 Å². The number of hydrogen-bond donors (Lipinski definition) is 1. The maximum absolute atomic E-state index is 11.3. The van der Waals surface area contributed by atoms with Gasteiger partial charge in [0.05, 0.1) is 0 Å². The van der Waals surface area contributed by atoms with Gasteiger partial charge in [0.1, 0.15) is 6.61 Å². The van der Waals surface area contributed by atoms with Gasteiger partial charge in [-0.25, -0.2) is 0 Å². The van der Waals surface area contributed by atoms with E-state index in [9.17, 15) is 4.79 Å². The largest absolute Gasteiger partial charge is 0.374 e. The smallest absolute Gasteiger partial charge is 0.158 e. The molecule has 0 aliphatic rings. The third-order valence-corrected chi connectivity index (χ3v) is 2.04. The Balaban J connectivity index is 3.48. The third kappa shape index (κ3) is 6.72. The number of ether oxygens (including phenoxy) is 1. The summed E-state index contributed by atoms with van der Waals surface area (Å²) < 4.78 is 5.14. The molecule has 2 N–H and O–H groups in total. The van der Waals surface area contributed by atoms with Gasteiger partial charge in [-0.05, 0) is 18.9 Å². The lowest BCUT2D eigenvalue weighted by molar-refractivity contribution is -0.124. The molecule has 3 nitrogen and oxygen atoms in total. The van der Waals surface area contributed by atoms with Crippen molar-refractivity contribution >= 4 is 5.78 Å². The van der Waals surface area contributed by atoms with Crippen LogP contribution in [-0.4, -0.2) is 25.5 Å². The molecule has 0 radical (unpaired) electrons. The van der Waals surface area contributed by atoms with Crippen LogP contribution in [-0.2, 0) is 9.53 Å². The molecule has 0 amide bonds. The van der Waals surface area contributed by atoms with Crippen molar-refractivity contribution in [2.75, 3.05) is 19.8 Å². The zero-order chi connectivity index (χ0) is 10.1. The number of rotatable bonds is 8. The highest BCUT2D eigenvalue weighted by atomic mass is 16.5. The quantitative estimate of drug-likeness (QED) is 0.584. The van der Waals surface area contributed by atoms with Crippen LogP contribution in [0.15, 0.2) is 0 Å². The number of Topliss-reactive ketones (excluding diaryl/α,β-unsaturated/α-hetero) is 1. The molecule has 1 unspecified atom stereocenters. The molecule has 3 heteroatoms. The van der Waals surface area contributed by atoms with Gasteiger partial charge in [0.25, 0.3) is 0 Å². The van der Waals surface area contributed by atoms with Gasteiger partial charge in [-0.1, -0.05) is 20.3 Å². The second kappa shape index (κ2) is 8.20. The summed E-state index contributed by atoms with van der Waals surface area (Å²) >= 11 is 0. The van der Waals surface area contributed by atoms with Crippen molar-refractivity contribution < 1.29 is 9.53 Å². The SMILES string of the molecule is CCCOCC(=O)CC(CC)CN. The lowest BCUT2D eigenvalue weighted by Crippen LogP contribution is -2.20. The second-order valence-corrected chi connectivity index (χ2v) is 3.31. The lowest BCUT2D eigenvalue weighted by Gasteiger charge is -2.10. The standard InChI is InChI=1S/C10H21NO2/c1-3-5-13-8-10(12)6-9(4-2)7-11/h9H,3-8,11H2,1-2H3. The molecular weight excluding hydrogens is 166 g/mol. The Morgan fingerprint density at radius 1 is 1.46 bits per heavy atom. The molecule has 0 aromatic heterocycles. The average Bonchev–Trinajstić information content (AvgIpc) is 2.14. The minimum atomic E-state index is 0.172. The van der Waals surface area contributed by atoms with Gasteiger partial charge < -0.3 is 10.5 Å². The zero-order valence-corrected chi connectivity index (χ0v) is 8.71. The highest BCUT2D eigenvalue weighted by Crippen LogP contribution is 2.06. The average molecular weight is 187 g/mol. The van der Waals surface area contributed by atoms with Crippen LogP contribution in [0.1, 0.15) is 33.1 Å². The number of hydrogen-bond acceptors (Lipinski definition) is 3. The highest BCUT2D eigenvalue weighted by Gasteiger charge is 2.09. The summed E-state index contributed by atoms with van der Waals surface area (Å²) in [7, 11) is 0. The van der Waals surface area contributed by atoms with E-state index in [2.05, 4.69) is 6.92 Å². The monoisotopic (exact) mass is 187 g/mol. The molecule has 0 rings (SSSR count). The van der Waals surface area contributed by atoms with E-state index in [1.54, 1.807) is 0 Å². The molecule has 0 bridgehead atoms. The van der Waals surface area contributed by atoms with Crippen molar-refractivity contribution in [2.24, 2.45) is 11.7 Å². The Bertz CT molecular complexity index is 133. The van der Waals surface area contributed by atoms with Crippen LogP contribution in [0.4, 0.5) is 0 Å². The molecule has 78 valence electrons. The van der Waals surface area contributed by atoms with Crippen molar-refractivity contribution in [2.45, 2.75) is 33.1 Å². The summed E-state index contributed by atoms with van der Waals surface area (Å²) in [5.74, 6) is 0.503. The van der Waals surface area contributed by atoms with Crippen molar-refractivity contribution in [1.82, 2.24) is 0 Å². The number of nitrogens with two attached hydrogens (primary N) is 1. The molecule has 0 heterocycles. The van der Waals surface area contributed by atoms with E-state index in [0.29, 0.717) is 25.5 Å². The van der Waals surface area contributed by atoms with Gasteiger partial charge in [-0.15, -0.1) is 0 Å². The molecule has 1 atom stereocenters. The summed E-state index contributed by atoms with van der Waals surface area (Å²) in [4.78, 5) is 11.3. The van der Waals surface area contributed by atoms with Crippen LogP contribution < -0.4 is 5.73 Å². The number of carbonyl (C=O) groups excluding carboxylic acids is 1. The van der Waals surface area contributed by atoms with E-state index in [4.69, 9.17) is 10.5 Å². The molecule has 0 aromatic rings. The van der Waals surface area contributed by atoms with Crippen LogP contribution in [0.5, 0.6) is 0 Å². The van der Waals surface area contributed by atoms with Gasteiger partial charge >= 0.3 is 0 Å². The van der Waals surface area contributed by atoms with Gasteiger partial charge in [0, 0.05) is 13.0 Å². The molecule has 0 aliphatic heterocycles. The predicted octanol–water partition coefficient (Wildman–Crippen LogP) is 1.36. The summed E-state index contributed by atoms with van der Waals surface area (Å²) in [6.45, 7) is 5.60. The predicted molar refractivity (Wildman–Crippen MR) is 53.6 cm³/mol. The van der Waals surface area contributed by atoms with Crippen molar-refractivity contribution in [3.8, 4) is 0 Å². The number of ketones is 1. The first kappa shape index (κ1) is 12.6. The third-order valence-electron chi connectivity index (χ3n) is 2.04. The van der Waals surface area contributed by atoms with Crippen molar-refractivity contribution in [3.63, 3.8) is 0 Å². The molecule has 0 saturated heterocycles. The molecule has 0 spiro atoms. The Labute approximate surface area is 80.6 Å². The van der Waals surface area contributed by atoms with Gasteiger partial charge in [-0.2, -0.15) is 0 Å². The number of carbonyl (C=O) groups is 1. The van der Waals surface area contributed by atoms with E-state index >= 15 is 0 Å². The van der Waals surface area contributed by atoms with Crippen LogP contribution in [0.25, 0.3) is 0 Å². The van der Waals surface area contributed by atoms with Gasteiger partial charge in [-0.3, -0.25) is 4.79 Å². The van der Waals surface area contributed by atoms with E-state index in [1.807, 2.05) is 6.92 Å². The zero-order valence-electron chi connectivity index (χ0n) is 8.71. The second-order valence-electron chi connectivity index (χ2n) is 3.31. The molecule has 0 fully saturated rings. The van der Waals surface area contributed by atoms with Crippen LogP contribution >= 0.6 is 0 Å². The van der Waals surface area contributed by atoms with Crippen molar-refractivity contribution in [3.05, 3.63) is 0 Å². The highest BCUT2D eigenvalue weighted by molar-refractivity contribution is 5.79. The first-order valence-electron chi connectivity index (χ1n) is 5.04. The Morgan fingerprint density at radius 2 is 2.15 bits per heavy atom. The maximum Gasteiger partial charge on any atom is 0.158 e. The van der Waals surface area contributed by atoms with E-state index in [-0.39, 0.29) is 12.4 Å². The van der Waals surface area contributed by atoms with Crippen LogP contribution in [0.3, 0.4) is 0 Å². The first-order valence-corrected chi connectivity index (χ1v) is 5.04. The summed E-state index contributed by atoms with van der Waals surface area (Å²) in [6, 6.07) is 0. The van der Waals surface area contributed by atoms with E-state index in [1.165, 1.54) is 0 Å². The fourth-order valence-electron chi connectivity index (χ4n) is 1.11. The minimum Gasteiger partial charge on any atom is -0.374 e. The summed E-state index contributed by atoms with van der Waals surface area (Å²) in [6.07, 6.45) is 2.49. The fourth-order valence-corrected chi connectivity index (χ4v) is 1.11. The van der Waals surface area contributed by atoms with E-state index in [0.717, 1.165) is 12.8 Å². The van der Waals surface area contributed by atoms with Gasteiger partial charge in [0.2, 0.25) is 0 Å². The maximum atomic E-state index is 11.3. The van der Waals surface area contributed by atoms with Crippen LogP contribution in [0, 0.1) is 5.92 Å². The normalized spacial score (nSPS) is 12.8. The topological polar surface area (TPSA) is 52.3 Å². The first-order chi connectivity index (χ1) is 6.24.